The normalized spacial score (nSPS) is 12.0. The molecular formula is C19H22N2O2S. The Hall–Kier alpha value is -2.14. The average Bonchev–Trinajstić information content (AvgIpc) is 2.83. The number of rotatable bonds is 3. The van der Waals surface area contributed by atoms with Crippen LogP contribution in [0.25, 0.3) is 22.0 Å². The number of benzene rings is 2. The van der Waals surface area contributed by atoms with Gasteiger partial charge in [0.15, 0.2) is 14.9 Å². The van der Waals surface area contributed by atoms with Crippen molar-refractivity contribution in [3.05, 3.63) is 47.0 Å². The van der Waals surface area contributed by atoms with Gasteiger partial charge in [-0.15, -0.1) is 0 Å². The van der Waals surface area contributed by atoms with Gasteiger partial charge in [-0.3, -0.25) is 4.68 Å². The molecule has 0 saturated carbocycles. The van der Waals surface area contributed by atoms with Crippen molar-refractivity contribution in [2.75, 3.05) is 5.75 Å². The smallest absolute Gasteiger partial charge is 0.195 e. The topological polar surface area (TPSA) is 52.0 Å². The molecule has 3 rings (SSSR count). The fourth-order valence-electron chi connectivity index (χ4n) is 3.51. The minimum Gasteiger partial charge on any atom is -0.256 e. The zero-order valence-electron chi connectivity index (χ0n) is 14.7. The number of fused-ring (bicyclic) bond motifs is 1. The summed E-state index contributed by atoms with van der Waals surface area (Å²) in [6.45, 7) is 7.91. The molecule has 0 aliphatic heterocycles. The van der Waals surface area contributed by atoms with E-state index < -0.39 is 9.84 Å². The summed E-state index contributed by atoms with van der Waals surface area (Å²) in [5.74, 6) is 0.0639. The van der Waals surface area contributed by atoms with Gasteiger partial charge >= 0.3 is 0 Å². The van der Waals surface area contributed by atoms with Gasteiger partial charge < -0.3 is 0 Å². The highest BCUT2D eigenvalue weighted by molar-refractivity contribution is 7.91. The number of hydrogen-bond acceptors (Lipinski definition) is 3. The zero-order chi connectivity index (χ0) is 17.6. The summed E-state index contributed by atoms with van der Waals surface area (Å²) >= 11 is 0. The number of sulfone groups is 1. The Morgan fingerprint density at radius 1 is 1.08 bits per heavy atom. The molecule has 0 aliphatic rings. The van der Waals surface area contributed by atoms with E-state index in [1.54, 1.807) is 14.0 Å². The largest absolute Gasteiger partial charge is 0.256 e. The molecule has 0 bridgehead atoms. The molecule has 1 aromatic heterocycles. The Balaban J connectivity index is 2.40. The predicted octanol–water partition coefficient (Wildman–Crippen LogP) is 3.96. The van der Waals surface area contributed by atoms with Gasteiger partial charge in [0.1, 0.15) is 5.52 Å². The SMILES string of the molecule is CCS(=O)(=O)c1c2cccc(-c3c(C)cc(C)cc3C)c2nn1C. The molecule has 1 heterocycles. The first kappa shape index (κ1) is 16.7. The fourth-order valence-corrected chi connectivity index (χ4v) is 4.72. The molecule has 4 nitrogen and oxygen atoms in total. The first-order valence-electron chi connectivity index (χ1n) is 8.03. The lowest BCUT2D eigenvalue weighted by Crippen LogP contribution is -2.09. The Morgan fingerprint density at radius 2 is 1.71 bits per heavy atom. The van der Waals surface area contributed by atoms with Crippen LogP contribution >= 0.6 is 0 Å². The Labute approximate surface area is 143 Å². The monoisotopic (exact) mass is 342 g/mol. The number of aromatic nitrogens is 2. The Kier molecular flexibility index (Phi) is 4.00. The van der Waals surface area contributed by atoms with Gasteiger partial charge in [0.25, 0.3) is 0 Å². The molecule has 0 spiro atoms. The number of aryl methyl sites for hydroxylation is 4. The maximum absolute atomic E-state index is 12.5. The molecular weight excluding hydrogens is 320 g/mol. The highest BCUT2D eigenvalue weighted by atomic mass is 32.2. The van der Waals surface area contributed by atoms with Crippen LogP contribution in [0.5, 0.6) is 0 Å². The second kappa shape index (κ2) is 5.74. The minimum absolute atomic E-state index is 0.0639. The molecule has 0 amide bonds. The lowest BCUT2D eigenvalue weighted by molar-refractivity contribution is 0.580. The summed E-state index contributed by atoms with van der Waals surface area (Å²) in [4.78, 5) is 0. The average molecular weight is 342 g/mol. The lowest BCUT2D eigenvalue weighted by Gasteiger charge is -2.12. The quantitative estimate of drug-likeness (QED) is 0.724. The third-order valence-corrected chi connectivity index (χ3v) is 6.26. The van der Waals surface area contributed by atoms with Gasteiger partial charge in [0, 0.05) is 18.0 Å². The van der Waals surface area contributed by atoms with E-state index in [1.807, 2.05) is 18.2 Å². The third-order valence-electron chi connectivity index (χ3n) is 4.43. The van der Waals surface area contributed by atoms with E-state index in [0.29, 0.717) is 10.4 Å². The van der Waals surface area contributed by atoms with Crippen LogP contribution in [0.3, 0.4) is 0 Å². The van der Waals surface area contributed by atoms with Crippen LogP contribution in [0, 0.1) is 20.8 Å². The van der Waals surface area contributed by atoms with Crippen molar-refractivity contribution in [3.8, 4) is 11.1 Å². The first-order chi connectivity index (χ1) is 11.3. The molecule has 0 saturated heterocycles. The lowest BCUT2D eigenvalue weighted by atomic mass is 9.93. The van der Waals surface area contributed by atoms with Gasteiger partial charge in [0.2, 0.25) is 0 Å². The first-order valence-corrected chi connectivity index (χ1v) is 9.68. The molecule has 0 aliphatic carbocycles. The van der Waals surface area contributed by atoms with E-state index >= 15 is 0 Å². The molecule has 0 unspecified atom stereocenters. The second-order valence-electron chi connectivity index (χ2n) is 6.31. The zero-order valence-corrected chi connectivity index (χ0v) is 15.5. The summed E-state index contributed by atoms with van der Waals surface area (Å²) in [6.07, 6.45) is 0. The van der Waals surface area contributed by atoms with Crippen LogP contribution < -0.4 is 0 Å². The van der Waals surface area contributed by atoms with Gasteiger partial charge in [0.05, 0.1) is 5.75 Å². The van der Waals surface area contributed by atoms with Crippen molar-refractivity contribution in [3.63, 3.8) is 0 Å². The van der Waals surface area contributed by atoms with Gasteiger partial charge in [-0.05, 0) is 43.5 Å². The molecule has 0 fully saturated rings. The standard InChI is InChI=1S/C19H22N2O2S/c1-6-24(22,23)19-16-9-7-8-15(18(16)20-21(19)5)17-13(3)10-12(2)11-14(17)4/h7-11H,6H2,1-5H3. The fraction of sp³-hybridized carbons (Fsp3) is 0.316. The molecule has 2 aromatic carbocycles. The predicted molar refractivity (Wildman–Crippen MR) is 98.1 cm³/mol. The molecule has 3 aromatic rings. The maximum Gasteiger partial charge on any atom is 0.195 e. The van der Waals surface area contributed by atoms with Gasteiger partial charge in [-0.25, -0.2) is 8.42 Å². The summed E-state index contributed by atoms with van der Waals surface area (Å²) < 4.78 is 26.4. The van der Waals surface area contributed by atoms with Gasteiger partial charge in [-0.1, -0.05) is 36.8 Å². The van der Waals surface area contributed by atoms with Crippen LogP contribution in [0.2, 0.25) is 0 Å². The highest BCUT2D eigenvalue weighted by Gasteiger charge is 2.23. The molecule has 0 atom stereocenters. The summed E-state index contributed by atoms with van der Waals surface area (Å²) in [7, 11) is -1.64. The van der Waals surface area contributed by atoms with E-state index in [1.165, 1.54) is 21.4 Å². The van der Waals surface area contributed by atoms with Crippen LogP contribution in [0.1, 0.15) is 23.6 Å². The maximum atomic E-state index is 12.5. The Morgan fingerprint density at radius 3 is 2.29 bits per heavy atom. The Bertz CT molecular complexity index is 1020. The van der Waals surface area contributed by atoms with Crippen LogP contribution in [-0.4, -0.2) is 24.0 Å². The van der Waals surface area contributed by atoms with Crippen LogP contribution in [0.15, 0.2) is 35.4 Å². The van der Waals surface area contributed by atoms with E-state index in [9.17, 15) is 8.42 Å². The number of hydrogen-bond donors (Lipinski definition) is 0. The molecule has 0 N–H and O–H groups in total. The highest BCUT2D eigenvalue weighted by Crippen LogP contribution is 2.35. The van der Waals surface area contributed by atoms with E-state index in [-0.39, 0.29) is 5.75 Å². The van der Waals surface area contributed by atoms with Gasteiger partial charge in [-0.2, -0.15) is 5.10 Å². The van der Waals surface area contributed by atoms with Crippen LogP contribution in [0.4, 0.5) is 0 Å². The second-order valence-corrected chi connectivity index (χ2v) is 8.50. The van der Waals surface area contributed by atoms with Crippen molar-refractivity contribution in [1.82, 2.24) is 9.78 Å². The van der Waals surface area contributed by atoms with Crippen molar-refractivity contribution < 1.29 is 8.42 Å². The van der Waals surface area contributed by atoms with Crippen molar-refractivity contribution >= 4 is 20.7 Å². The third kappa shape index (κ3) is 2.53. The molecule has 24 heavy (non-hydrogen) atoms. The number of nitrogens with zero attached hydrogens (tertiary/aromatic N) is 2. The van der Waals surface area contributed by atoms with Crippen molar-refractivity contribution in [2.24, 2.45) is 7.05 Å². The summed E-state index contributed by atoms with van der Waals surface area (Å²) in [6, 6.07) is 10.1. The molecule has 5 heteroatoms. The van der Waals surface area contributed by atoms with Crippen molar-refractivity contribution in [1.29, 1.82) is 0 Å². The summed E-state index contributed by atoms with van der Waals surface area (Å²) in [5, 5.41) is 5.53. The molecule has 0 radical (unpaired) electrons. The molecule has 126 valence electrons. The van der Waals surface area contributed by atoms with E-state index in [0.717, 1.165) is 16.6 Å². The minimum atomic E-state index is -3.34. The van der Waals surface area contributed by atoms with E-state index in [2.05, 4.69) is 38.0 Å². The van der Waals surface area contributed by atoms with Crippen molar-refractivity contribution in [2.45, 2.75) is 32.7 Å². The van der Waals surface area contributed by atoms with Crippen LogP contribution in [-0.2, 0) is 16.9 Å². The summed E-state index contributed by atoms with van der Waals surface area (Å²) in [5.41, 5.74) is 6.41. The van der Waals surface area contributed by atoms with E-state index in [4.69, 9.17) is 0 Å².